The first-order chi connectivity index (χ1) is 14.3. The van der Waals surface area contributed by atoms with Crippen LogP contribution in [0.15, 0.2) is 18.2 Å². The summed E-state index contributed by atoms with van der Waals surface area (Å²) < 4.78 is 17.1. The molecule has 5 heteroatoms. The number of hydrogen-bond acceptors (Lipinski definition) is 5. The van der Waals surface area contributed by atoms with Gasteiger partial charge in [-0.1, -0.05) is 12.5 Å². The van der Waals surface area contributed by atoms with E-state index in [0.717, 1.165) is 49.0 Å². The molecule has 1 unspecified atom stereocenters. The van der Waals surface area contributed by atoms with E-state index in [4.69, 9.17) is 14.2 Å². The summed E-state index contributed by atoms with van der Waals surface area (Å²) in [6, 6.07) is 6.32. The van der Waals surface area contributed by atoms with Crippen LogP contribution in [0.2, 0.25) is 0 Å². The second kappa shape index (κ2) is 10.1. The van der Waals surface area contributed by atoms with E-state index in [1.54, 1.807) is 7.11 Å². The average molecular weight is 403 g/mol. The van der Waals surface area contributed by atoms with Crippen LogP contribution in [0.5, 0.6) is 11.5 Å². The van der Waals surface area contributed by atoms with Crippen LogP contribution in [0, 0.1) is 17.8 Å². The lowest BCUT2D eigenvalue weighted by Crippen LogP contribution is -2.31. The third kappa shape index (κ3) is 5.44. The van der Waals surface area contributed by atoms with E-state index in [9.17, 15) is 0 Å². The molecule has 0 N–H and O–H groups in total. The lowest BCUT2D eigenvalue weighted by Gasteiger charge is -2.26. The SMILES string of the molecule is CCOc1cc(CN2C[C@@H]3C(COCCCN4CCCCC4)[C@@H]3C2)ccc1OC. The molecule has 3 fully saturated rings. The predicted octanol–water partition coefficient (Wildman–Crippen LogP) is 3.66. The van der Waals surface area contributed by atoms with Crippen LogP contribution in [-0.2, 0) is 11.3 Å². The zero-order valence-electron chi connectivity index (χ0n) is 18.3. The molecule has 0 radical (unpaired) electrons. The number of piperidine rings is 2. The molecule has 1 aromatic carbocycles. The Morgan fingerprint density at radius 3 is 2.52 bits per heavy atom. The summed E-state index contributed by atoms with van der Waals surface area (Å²) in [5.74, 6) is 4.17. The van der Waals surface area contributed by atoms with Crippen LogP contribution in [0.4, 0.5) is 0 Å². The number of methoxy groups -OCH3 is 1. The van der Waals surface area contributed by atoms with Crippen LogP contribution in [0.3, 0.4) is 0 Å². The molecule has 1 aliphatic carbocycles. The molecule has 0 amide bonds. The van der Waals surface area contributed by atoms with Crippen molar-refractivity contribution in [1.82, 2.24) is 9.80 Å². The quantitative estimate of drug-likeness (QED) is 0.528. The van der Waals surface area contributed by atoms with Crippen molar-refractivity contribution in [3.63, 3.8) is 0 Å². The van der Waals surface area contributed by atoms with E-state index < -0.39 is 0 Å². The fourth-order valence-corrected chi connectivity index (χ4v) is 5.25. The number of fused-ring (bicyclic) bond motifs is 1. The van der Waals surface area contributed by atoms with Gasteiger partial charge in [0.25, 0.3) is 0 Å². The van der Waals surface area contributed by atoms with Crippen molar-refractivity contribution in [3.05, 3.63) is 23.8 Å². The summed E-state index contributed by atoms with van der Waals surface area (Å²) in [6.45, 7) is 11.8. The van der Waals surface area contributed by atoms with Gasteiger partial charge in [-0.05, 0) is 74.7 Å². The standard InChI is InChI=1S/C24H38N2O3/c1-3-29-24-14-19(8-9-23(24)27-2)15-26-16-20-21(17-26)22(20)18-28-13-7-12-25-10-5-4-6-11-25/h8-9,14,20-22H,3-7,10-13,15-18H2,1-2H3/t20-,21+,22?. The van der Waals surface area contributed by atoms with Gasteiger partial charge in [0, 0.05) is 32.8 Å². The summed E-state index contributed by atoms with van der Waals surface area (Å²) in [4.78, 5) is 5.19. The Morgan fingerprint density at radius 1 is 1.00 bits per heavy atom. The lowest BCUT2D eigenvalue weighted by atomic mass is 10.1. The van der Waals surface area contributed by atoms with Crippen molar-refractivity contribution in [2.24, 2.45) is 17.8 Å². The number of nitrogens with zero attached hydrogens (tertiary/aromatic N) is 2. The second-order valence-corrected chi connectivity index (χ2v) is 8.93. The Bertz CT molecular complexity index is 635. The molecule has 0 bridgehead atoms. The Kier molecular flexibility index (Phi) is 7.33. The monoisotopic (exact) mass is 402 g/mol. The summed E-state index contributed by atoms with van der Waals surface area (Å²) in [5, 5.41) is 0. The molecule has 162 valence electrons. The van der Waals surface area contributed by atoms with Crippen LogP contribution in [0.25, 0.3) is 0 Å². The van der Waals surface area contributed by atoms with Crippen molar-refractivity contribution in [1.29, 1.82) is 0 Å². The summed E-state index contributed by atoms with van der Waals surface area (Å²) in [5.41, 5.74) is 1.31. The predicted molar refractivity (Wildman–Crippen MR) is 116 cm³/mol. The van der Waals surface area contributed by atoms with Gasteiger partial charge >= 0.3 is 0 Å². The molecule has 3 aliphatic rings. The Hall–Kier alpha value is -1.30. The highest BCUT2D eigenvalue weighted by Crippen LogP contribution is 2.52. The molecule has 0 spiro atoms. The average Bonchev–Trinajstić information content (AvgIpc) is 3.19. The first-order valence-electron chi connectivity index (χ1n) is 11.6. The molecule has 1 saturated carbocycles. The van der Waals surface area contributed by atoms with E-state index in [1.165, 1.54) is 64.0 Å². The van der Waals surface area contributed by atoms with Crippen LogP contribution < -0.4 is 9.47 Å². The zero-order valence-corrected chi connectivity index (χ0v) is 18.3. The van der Waals surface area contributed by atoms with Crippen LogP contribution in [-0.4, -0.2) is 69.5 Å². The fraction of sp³-hybridized carbons (Fsp3) is 0.750. The summed E-state index contributed by atoms with van der Waals surface area (Å²) in [7, 11) is 1.70. The summed E-state index contributed by atoms with van der Waals surface area (Å²) in [6.07, 6.45) is 5.37. The highest BCUT2D eigenvalue weighted by Gasteiger charge is 2.55. The minimum absolute atomic E-state index is 0.660. The van der Waals surface area contributed by atoms with E-state index in [0.29, 0.717) is 6.61 Å². The highest BCUT2D eigenvalue weighted by molar-refractivity contribution is 5.43. The first-order valence-corrected chi connectivity index (χ1v) is 11.6. The van der Waals surface area contributed by atoms with Gasteiger partial charge in [-0.3, -0.25) is 4.90 Å². The van der Waals surface area contributed by atoms with Crippen molar-refractivity contribution in [2.75, 3.05) is 59.7 Å². The molecule has 1 aromatic rings. The van der Waals surface area contributed by atoms with Crippen molar-refractivity contribution in [2.45, 2.75) is 39.2 Å². The lowest BCUT2D eigenvalue weighted by molar-refractivity contribution is 0.0967. The number of benzene rings is 1. The molecular weight excluding hydrogens is 364 g/mol. The number of ether oxygens (including phenoxy) is 3. The van der Waals surface area contributed by atoms with Crippen LogP contribution >= 0.6 is 0 Å². The molecule has 0 aromatic heterocycles. The largest absolute Gasteiger partial charge is 0.493 e. The van der Waals surface area contributed by atoms with E-state index >= 15 is 0 Å². The minimum atomic E-state index is 0.660. The molecule has 2 heterocycles. The van der Waals surface area contributed by atoms with E-state index in [-0.39, 0.29) is 0 Å². The smallest absolute Gasteiger partial charge is 0.161 e. The third-order valence-corrected chi connectivity index (χ3v) is 6.90. The van der Waals surface area contributed by atoms with Gasteiger partial charge in [-0.25, -0.2) is 0 Å². The highest BCUT2D eigenvalue weighted by atomic mass is 16.5. The molecule has 5 nitrogen and oxygen atoms in total. The molecule has 4 rings (SSSR count). The van der Waals surface area contributed by atoms with Gasteiger partial charge in [0.2, 0.25) is 0 Å². The maximum absolute atomic E-state index is 6.03. The van der Waals surface area contributed by atoms with Gasteiger partial charge in [-0.15, -0.1) is 0 Å². The number of rotatable bonds is 11. The van der Waals surface area contributed by atoms with Gasteiger partial charge in [0.05, 0.1) is 20.3 Å². The maximum atomic E-state index is 6.03. The van der Waals surface area contributed by atoms with E-state index in [2.05, 4.69) is 21.9 Å². The third-order valence-electron chi connectivity index (χ3n) is 6.90. The van der Waals surface area contributed by atoms with Gasteiger partial charge in [0.15, 0.2) is 11.5 Å². The van der Waals surface area contributed by atoms with Crippen molar-refractivity contribution in [3.8, 4) is 11.5 Å². The number of likely N-dealkylation sites (tertiary alicyclic amines) is 2. The molecular formula is C24H38N2O3. The van der Waals surface area contributed by atoms with Gasteiger partial charge in [-0.2, -0.15) is 0 Å². The van der Waals surface area contributed by atoms with Gasteiger partial charge in [0.1, 0.15) is 0 Å². The Labute approximate surface area is 176 Å². The van der Waals surface area contributed by atoms with Crippen molar-refractivity contribution >= 4 is 0 Å². The number of hydrogen-bond donors (Lipinski definition) is 0. The topological polar surface area (TPSA) is 34.2 Å². The molecule has 29 heavy (non-hydrogen) atoms. The fourth-order valence-electron chi connectivity index (χ4n) is 5.25. The molecule has 3 atom stereocenters. The molecule has 2 saturated heterocycles. The van der Waals surface area contributed by atoms with Crippen LogP contribution in [0.1, 0.15) is 38.2 Å². The Morgan fingerprint density at radius 2 is 1.79 bits per heavy atom. The Balaban J connectivity index is 1.12. The molecule has 2 aliphatic heterocycles. The first kappa shape index (κ1) is 21.0. The normalized spacial score (nSPS) is 27.0. The van der Waals surface area contributed by atoms with E-state index in [1.807, 2.05) is 13.0 Å². The minimum Gasteiger partial charge on any atom is -0.493 e. The second-order valence-electron chi connectivity index (χ2n) is 8.93. The maximum Gasteiger partial charge on any atom is 0.161 e. The summed E-state index contributed by atoms with van der Waals surface area (Å²) >= 11 is 0. The van der Waals surface area contributed by atoms with Crippen molar-refractivity contribution < 1.29 is 14.2 Å². The zero-order chi connectivity index (χ0) is 20.1. The van der Waals surface area contributed by atoms with Gasteiger partial charge < -0.3 is 19.1 Å².